The van der Waals surface area contributed by atoms with Crippen LogP contribution in [0, 0.1) is 11.2 Å². The molecule has 2 heterocycles. The SMILES string of the molecule is CC(=O)Oc1cccc2c1N1[C@@H](C(=O)c3ccccc3)[C@@H](c3ccccc3F)C3(C(=O)c4ccccc4C3=O)[C@H]1C=C2. The highest BCUT2D eigenvalue weighted by Gasteiger charge is 2.72. The molecule has 4 aromatic carbocycles. The minimum absolute atomic E-state index is 0.0932. The van der Waals surface area contributed by atoms with Gasteiger partial charge in [0.25, 0.3) is 0 Å². The molecule has 0 radical (unpaired) electrons. The Kier molecular flexibility index (Phi) is 5.80. The lowest BCUT2D eigenvalue weighted by Crippen LogP contribution is -2.48. The van der Waals surface area contributed by atoms with E-state index in [4.69, 9.17) is 4.74 Å². The van der Waals surface area contributed by atoms with E-state index in [0.29, 0.717) is 16.8 Å². The number of carbonyl (C=O) groups excluding carboxylic acids is 4. The number of hydrogen-bond donors (Lipinski definition) is 0. The van der Waals surface area contributed by atoms with Crippen LogP contribution >= 0.6 is 0 Å². The Morgan fingerprint density at radius 3 is 2.12 bits per heavy atom. The number of Topliss-reactive ketones (excluding diaryl/α,β-unsaturated/α-hetero) is 3. The first kappa shape index (κ1) is 25.8. The van der Waals surface area contributed by atoms with Gasteiger partial charge < -0.3 is 9.64 Å². The predicted molar refractivity (Wildman–Crippen MR) is 154 cm³/mol. The second-order valence-electron chi connectivity index (χ2n) is 10.7. The van der Waals surface area contributed by atoms with Crippen molar-refractivity contribution in [3.63, 3.8) is 0 Å². The quantitative estimate of drug-likeness (QED) is 0.131. The standard InChI is InChI=1S/C35H24FNO5/c1-20(38)42-27-17-9-12-21-18-19-28-35(33(40)23-13-5-6-14-24(23)34(35)41)29(25-15-7-8-16-26(25)36)31(37(28)30(21)27)32(39)22-10-3-2-4-11-22/h2-19,28-29,31H,1H3/t28-,29-,31-/m1/s1. The summed E-state index contributed by atoms with van der Waals surface area (Å²) in [6, 6.07) is 24.1. The van der Waals surface area contributed by atoms with Gasteiger partial charge in [0.15, 0.2) is 23.1 Å². The van der Waals surface area contributed by atoms with Crippen LogP contribution in [0.2, 0.25) is 0 Å². The van der Waals surface area contributed by atoms with E-state index in [1.165, 1.54) is 25.1 Å². The highest BCUT2D eigenvalue weighted by Crippen LogP contribution is 2.62. The molecular formula is C35H24FNO5. The lowest BCUT2D eigenvalue weighted by Gasteiger charge is -2.37. The maximum absolute atomic E-state index is 15.9. The number of halogens is 1. The zero-order valence-electron chi connectivity index (χ0n) is 22.5. The van der Waals surface area contributed by atoms with Gasteiger partial charge >= 0.3 is 5.97 Å². The topological polar surface area (TPSA) is 80.8 Å². The van der Waals surface area contributed by atoms with E-state index in [1.54, 1.807) is 95.9 Å². The molecule has 4 aromatic rings. The van der Waals surface area contributed by atoms with Crippen molar-refractivity contribution in [1.29, 1.82) is 0 Å². The molecule has 7 rings (SSSR count). The third kappa shape index (κ3) is 3.43. The van der Waals surface area contributed by atoms with Gasteiger partial charge in [0, 0.05) is 35.1 Å². The monoisotopic (exact) mass is 557 g/mol. The maximum Gasteiger partial charge on any atom is 0.308 e. The summed E-state index contributed by atoms with van der Waals surface area (Å²) in [4.78, 5) is 57.9. The highest BCUT2D eigenvalue weighted by atomic mass is 19.1. The lowest BCUT2D eigenvalue weighted by atomic mass is 9.64. The van der Waals surface area contributed by atoms with Crippen LogP contribution in [0.1, 0.15) is 55.0 Å². The molecule has 206 valence electrons. The molecule has 42 heavy (non-hydrogen) atoms. The number of ether oxygens (including phenoxy) is 1. The summed E-state index contributed by atoms with van der Waals surface area (Å²) in [5, 5.41) is 0. The molecule has 0 bridgehead atoms. The zero-order chi connectivity index (χ0) is 29.2. The average Bonchev–Trinajstić information content (AvgIpc) is 3.43. The van der Waals surface area contributed by atoms with Crippen LogP contribution < -0.4 is 9.64 Å². The molecule has 6 nitrogen and oxygen atoms in total. The van der Waals surface area contributed by atoms with Gasteiger partial charge in [0.2, 0.25) is 0 Å². The van der Waals surface area contributed by atoms with Crippen LogP contribution in [0.5, 0.6) is 5.75 Å². The summed E-state index contributed by atoms with van der Waals surface area (Å²) in [5.41, 5.74) is 0.0816. The van der Waals surface area contributed by atoms with E-state index in [2.05, 4.69) is 0 Å². The van der Waals surface area contributed by atoms with Crippen molar-refractivity contribution in [2.45, 2.75) is 24.9 Å². The number of hydrogen-bond acceptors (Lipinski definition) is 6. The molecule has 0 N–H and O–H groups in total. The third-order valence-corrected chi connectivity index (χ3v) is 8.61. The minimum Gasteiger partial charge on any atom is -0.424 e. The van der Waals surface area contributed by atoms with Gasteiger partial charge in [-0.05, 0) is 17.7 Å². The van der Waals surface area contributed by atoms with Crippen molar-refractivity contribution in [2.75, 3.05) is 4.90 Å². The largest absolute Gasteiger partial charge is 0.424 e. The van der Waals surface area contributed by atoms with E-state index in [1.807, 2.05) is 0 Å². The fourth-order valence-corrected chi connectivity index (χ4v) is 7.06. The number of carbonyl (C=O) groups is 4. The van der Waals surface area contributed by atoms with Crippen molar-refractivity contribution in [3.8, 4) is 5.75 Å². The number of esters is 1. The summed E-state index contributed by atoms with van der Waals surface area (Å²) in [6.45, 7) is 1.27. The number of anilines is 1. The molecule has 3 atom stereocenters. The Morgan fingerprint density at radius 1 is 0.810 bits per heavy atom. The lowest BCUT2D eigenvalue weighted by molar-refractivity contribution is -0.131. The highest BCUT2D eigenvalue weighted by molar-refractivity contribution is 6.32. The van der Waals surface area contributed by atoms with Crippen molar-refractivity contribution < 1.29 is 28.3 Å². The number of ketones is 3. The Labute approximate surface area is 241 Å². The van der Waals surface area contributed by atoms with Gasteiger partial charge in [-0.25, -0.2) is 4.39 Å². The summed E-state index contributed by atoms with van der Waals surface area (Å²) in [5.74, 6) is -3.53. The molecule has 1 fully saturated rings. The first-order valence-electron chi connectivity index (χ1n) is 13.7. The van der Waals surface area contributed by atoms with Gasteiger partial charge in [-0.15, -0.1) is 0 Å². The molecule has 7 heteroatoms. The Hall–Kier alpha value is -5.17. The predicted octanol–water partition coefficient (Wildman–Crippen LogP) is 6.07. The third-order valence-electron chi connectivity index (χ3n) is 8.61. The van der Waals surface area contributed by atoms with Crippen LogP contribution in [0.4, 0.5) is 10.1 Å². The summed E-state index contributed by atoms with van der Waals surface area (Å²) < 4.78 is 21.5. The van der Waals surface area contributed by atoms with E-state index in [9.17, 15) is 19.2 Å². The van der Waals surface area contributed by atoms with E-state index in [-0.39, 0.29) is 28.2 Å². The van der Waals surface area contributed by atoms with Crippen molar-refractivity contribution in [1.82, 2.24) is 0 Å². The van der Waals surface area contributed by atoms with Crippen LogP contribution in [-0.4, -0.2) is 35.4 Å². The number of fused-ring (bicyclic) bond motifs is 5. The molecule has 1 saturated heterocycles. The normalized spacial score (nSPS) is 21.2. The van der Waals surface area contributed by atoms with Crippen molar-refractivity contribution in [2.24, 2.45) is 5.41 Å². The minimum atomic E-state index is -1.86. The summed E-state index contributed by atoms with van der Waals surface area (Å²) in [7, 11) is 0. The van der Waals surface area contributed by atoms with E-state index >= 15 is 4.39 Å². The van der Waals surface area contributed by atoms with E-state index < -0.39 is 46.8 Å². The molecule has 2 aliphatic heterocycles. The fraction of sp³-hybridized carbons (Fsp3) is 0.143. The van der Waals surface area contributed by atoms with Gasteiger partial charge in [0.1, 0.15) is 17.3 Å². The molecule has 3 aliphatic rings. The number of rotatable bonds is 4. The Bertz CT molecular complexity index is 1810. The van der Waals surface area contributed by atoms with Crippen LogP contribution in [-0.2, 0) is 4.79 Å². The molecule has 1 spiro atoms. The number of para-hydroxylation sites is 1. The molecular weight excluding hydrogens is 533 g/mol. The smallest absolute Gasteiger partial charge is 0.308 e. The fourth-order valence-electron chi connectivity index (χ4n) is 7.06. The zero-order valence-corrected chi connectivity index (χ0v) is 22.5. The molecule has 0 aromatic heterocycles. The van der Waals surface area contributed by atoms with Gasteiger partial charge in [0.05, 0.1) is 11.7 Å². The number of benzene rings is 4. The Balaban J connectivity index is 1.58. The van der Waals surface area contributed by atoms with Gasteiger partial charge in [-0.2, -0.15) is 0 Å². The van der Waals surface area contributed by atoms with Crippen LogP contribution in [0.3, 0.4) is 0 Å². The first-order valence-corrected chi connectivity index (χ1v) is 13.7. The molecule has 0 unspecified atom stereocenters. The Morgan fingerprint density at radius 2 is 1.45 bits per heavy atom. The summed E-state index contributed by atoms with van der Waals surface area (Å²) in [6.07, 6.45) is 3.51. The molecule has 0 amide bonds. The summed E-state index contributed by atoms with van der Waals surface area (Å²) >= 11 is 0. The van der Waals surface area contributed by atoms with Gasteiger partial charge in [-0.1, -0.05) is 97.1 Å². The second-order valence-corrected chi connectivity index (χ2v) is 10.7. The number of nitrogens with zero attached hydrogens (tertiary/aromatic N) is 1. The molecule has 0 saturated carbocycles. The first-order chi connectivity index (χ1) is 20.4. The maximum atomic E-state index is 15.9. The second kappa shape index (κ2) is 9.45. The average molecular weight is 558 g/mol. The molecule has 1 aliphatic carbocycles. The van der Waals surface area contributed by atoms with Crippen LogP contribution in [0.15, 0.2) is 103 Å². The van der Waals surface area contributed by atoms with Crippen molar-refractivity contribution in [3.05, 3.63) is 137 Å². The van der Waals surface area contributed by atoms with Crippen molar-refractivity contribution >= 4 is 35.1 Å². The van der Waals surface area contributed by atoms with Gasteiger partial charge in [-0.3, -0.25) is 19.2 Å². The van der Waals surface area contributed by atoms with Crippen LogP contribution in [0.25, 0.3) is 6.08 Å². The van der Waals surface area contributed by atoms with E-state index in [0.717, 1.165) is 0 Å².